The maximum Gasteiger partial charge on any atom is 0.165 e. The molecule has 0 bridgehead atoms. The largest absolute Gasteiger partial charge is 0.348 e. The highest BCUT2D eigenvalue weighted by Gasteiger charge is 2.32. The lowest BCUT2D eigenvalue weighted by atomic mass is 10.2. The molecule has 1 rings (SSSR count). The lowest BCUT2D eigenvalue weighted by Gasteiger charge is -2.19. The first-order valence-electron chi connectivity index (χ1n) is 3.48. The Hall–Kier alpha value is -0.0800. The molecule has 1 fully saturated rings. The van der Waals surface area contributed by atoms with Crippen LogP contribution in [-0.4, -0.2) is 18.5 Å². The van der Waals surface area contributed by atoms with Crippen molar-refractivity contribution in [3.05, 3.63) is 0 Å². The van der Waals surface area contributed by atoms with E-state index in [1.807, 2.05) is 13.8 Å². The fourth-order valence-electron chi connectivity index (χ4n) is 0.973. The van der Waals surface area contributed by atoms with Gasteiger partial charge in [0.05, 0.1) is 12.7 Å². The number of rotatable bonds is 1. The molecule has 2 unspecified atom stereocenters. The van der Waals surface area contributed by atoms with E-state index in [0.29, 0.717) is 0 Å². The van der Waals surface area contributed by atoms with Crippen molar-refractivity contribution in [2.45, 2.75) is 39.1 Å². The second kappa shape index (κ2) is 2.27. The summed E-state index contributed by atoms with van der Waals surface area (Å²) in [6.45, 7) is 6.82. The molecule has 0 amide bonds. The Bertz CT molecular complexity index is 103. The summed E-state index contributed by atoms with van der Waals surface area (Å²) < 4.78 is 10.9. The van der Waals surface area contributed by atoms with E-state index < -0.39 is 0 Å². The Morgan fingerprint density at radius 2 is 2.33 bits per heavy atom. The highest BCUT2D eigenvalue weighted by Crippen LogP contribution is 2.25. The van der Waals surface area contributed by atoms with Gasteiger partial charge in [-0.1, -0.05) is 6.92 Å². The summed E-state index contributed by atoms with van der Waals surface area (Å²) in [6, 6.07) is 0. The summed E-state index contributed by atoms with van der Waals surface area (Å²) in [5.74, 6) is -0.292. The van der Waals surface area contributed by atoms with Crippen LogP contribution in [0.4, 0.5) is 0 Å². The van der Waals surface area contributed by atoms with Gasteiger partial charge in [-0.15, -0.1) is 0 Å². The van der Waals surface area contributed by atoms with E-state index >= 15 is 0 Å². The van der Waals surface area contributed by atoms with Gasteiger partial charge in [0.15, 0.2) is 5.79 Å². The molecule has 54 valence electrons. The van der Waals surface area contributed by atoms with Gasteiger partial charge in [-0.25, -0.2) is 0 Å². The van der Waals surface area contributed by atoms with Gasteiger partial charge in [0.25, 0.3) is 0 Å². The smallest absolute Gasteiger partial charge is 0.165 e. The van der Waals surface area contributed by atoms with Crippen molar-refractivity contribution in [2.75, 3.05) is 6.61 Å². The molecule has 0 aromatic rings. The average Bonchev–Trinajstić information content (AvgIpc) is 2.13. The Balaban J connectivity index is 2.45. The van der Waals surface area contributed by atoms with Crippen molar-refractivity contribution in [1.82, 2.24) is 0 Å². The van der Waals surface area contributed by atoms with Gasteiger partial charge in [-0.3, -0.25) is 0 Å². The zero-order valence-corrected chi connectivity index (χ0v) is 6.31. The third kappa shape index (κ3) is 1.43. The molecule has 0 radical (unpaired) electrons. The molecule has 1 aliphatic heterocycles. The minimum Gasteiger partial charge on any atom is -0.348 e. The third-order valence-corrected chi connectivity index (χ3v) is 1.72. The molecule has 1 aliphatic rings. The average molecular weight is 130 g/mol. The monoisotopic (exact) mass is 130 g/mol. The van der Waals surface area contributed by atoms with Gasteiger partial charge >= 0.3 is 0 Å². The maximum atomic E-state index is 5.48. The normalized spacial score (nSPS) is 43.7. The zero-order valence-electron chi connectivity index (χ0n) is 6.31. The van der Waals surface area contributed by atoms with Crippen molar-refractivity contribution in [3.8, 4) is 0 Å². The van der Waals surface area contributed by atoms with Crippen LogP contribution >= 0.6 is 0 Å². The molecule has 1 saturated heterocycles. The van der Waals surface area contributed by atoms with Crippen LogP contribution < -0.4 is 0 Å². The van der Waals surface area contributed by atoms with Gasteiger partial charge in [-0.05, 0) is 20.3 Å². The van der Waals surface area contributed by atoms with Crippen molar-refractivity contribution in [1.29, 1.82) is 0 Å². The van der Waals surface area contributed by atoms with Crippen LogP contribution in [0.3, 0.4) is 0 Å². The Morgan fingerprint density at radius 1 is 1.67 bits per heavy atom. The van der Waals surface area contributed by atoms with E-state index in [9.17, 15) is 0 Å². The Kier molecular flexibility index (Phi) is 1.78. The van der Waals surface area contributed by atoms with Crippen molar-refractivity contribution in [3.63, 3.8) is 0 Å². The predicted octanol–water partition coefficient (Wildman–Crippen LogP) is 1.55. The van der Waals surface area contributed by atoms with Crippen LogP contribution in [0.5, 0.6) is 0 Å². The summed E-state index contributed by atoms with van der Waals surface area (Å²) in [7, 11) is 0. The molecule has 0 N–H and O–H groups in total. The molecule has 2 atom stereocenters. The maximum absolute atomic E-state index is 5.48. The topological polar surface area (TPSA) is 18.5 Å². The molecule has 2 nitrogen and oxygen atoms in total. The van der Waals surface area contributed by atoms with Crippen LogP contribution in [0.1, 0.15) is 27.2 Å². The molecule has 0 aliphatic carbocycles. The SMILES string of the molecule is CCC1(C)OCC(C)O1. The molecular formula is C7H14O2. The van der Waals surface area contributed by atoms with E-state index in [4.69, 9.17) is 9.47 Å². The van der Waals surface area contributed by atoms with Crippen LogP contribution in [0.25, 0.3) is 0 Å². The zero-order chi connectivity index (χ0) is 6.91. The van der Waals surface area contributed by atoms with Crippen LogP contribution in [0, 0.1) is 0 Å². The highest BCUT2D eigenvalue weighted by atomic mass is 16.7. The molecule has 0 aromatic heterocycles. The summed E-state index contributed by atoms with van der Waals surface area (Å²) in [5.41, 5.74) is 0. The Labute approximate surface area is 56.2 Å². The predicted molar refractivity (Wildman–Crippen MR) is 35.2 cm³/mol. The molecule has 9 heavy (non-hydrogen) atoms. The van der Waals surface area contributed by atoms with E-state index in [1.165, 1.54) is 0 Å². The second-order valence-electron chi connectivity index (χ2n) is 2.73. The molecule has 0 saturated carbocycles. The fraction of sp³-hybridized carbons (Fsp3) is 1.00. The Morgan fingerprint density at radius 3 is 2.56 bits per heavy atom. The fourth-order valence-corrected chi connectivity index (χ4v) is 0.973. The van der Waals surface area contributed by atoms with Gasteiger partial charge in [0.1, 0.15) is 0 Å². The standard InChI is InChI=1S/C7H14O2/c1-4-7(3)8-5-6(2)9-7/h6H,4-5H2,1-3H3. The highest BCUT2D eigenvalue weighted by molar-refractivity contribution is 4.69. The van der Waals surface area contributed by atoms with E-state index in [2.05, 4.69) is 6.92 Å². The lowest BCUT2D eigenvalue weighted by Crippen LogP contribution is -2.24. The van der Waals surface area contributed by atoms with Crippen LogP contribution in [0.2, 0.25) is 0 Å². The first-order valence-corrected chi connectivity index (χ1v) is 3.48. The summed E-state index contributed by atoms with van der Waals surface area (Å²) >= 11 is 0. The van der Waals surface area contributed by atoms with E-state index in [-0.39, 0.29) is 11.9 Å². The first-order chi connectivity index (χ1) is 4.16. The second-order valence-corrected chi connectivity index (χ2v) is 2.73. The molecule has 2 heteroatoms. The van der Waals surface area contributed by atoms with Gasteiger partial charge in [0, 0.05) is 0 Å². The van der Waals surface area contributed by atoms with Crippen LogP contribution in [-0.2, 0) is 9.47 Å². The quantitative estimate of drug-likeness (QED) is 0.536. The minimum absolute atomic E-state index is 0.273. The summed E-state index contributed by atoms with van der Waals surface area (Å²) in [6.07, 6.45) is 1.20. The number of hydrogen-bond donors (Lipinski definition) is 0. The molecular weight excluding hydrogens is 116 g/mol. The lowest BCUT2D eigenvalue weighted by molar-refractivity contribution is -0.153. The van der Waals surface area contributed by atoms with Crippen molar-refractivity contribution >= 4 is 0 Å². The van der Waals surface area contributed by atoms with Crippen molar-refractivity contribution < 1.29 is 9.47 Å². The van der Waals surface area contributed by atoms with E-state index in [0.717, 1.165) is 13.0 Å². The van der Waals surface area contributed by atoms with Crippen molar-refractivity contribution in [2.24, 2.45) is 0 Å². The number of ether oxygens (including phenoxy) is 2. The first kappa shape index (κ1) is 7.03. The summed E-state index contributed by atoms with van der Waals surface area (Å²) in [4.78, 5) is 0. The molecule has 0 spiro atoms. The molecule has 0 aromatic carbocycles. The minimum atomic E-state index is -0.292. The summed E-state index contributed by atoms with van der Waals surface area (Å²) in [5, 5.41) is 0. The van der Waals surface area contributed by atoms with E-state index in [1.54, 1.807) is 0 Å². The van der Waals surface area contributed by atoms with Gasteiger partial charge in [-0.2, -0.15) is 0 Å². The third-order valence-electron chi connectivity index (χ3n) is 1.72. The van der Waals surface area contributed by atoms with Crippen LogP contribution in [0.15, 0.2) is 0 Å². The van der Waals surface area contributed by atoms with Gasteiger partial charge < -0.3 is 9.47 Å². The molecule has 1 heterocycles. The van der Waals surface area contributed by atoms with Gasteiger partial charge in [0.2, 0.25) is 0 Å². The number of hydrogen-bond acceptors (Lipinski definition) is 2.